The van der Waals surface area contributed by atoms with Gasteiger partial charge in [0.15, 0.2) is 50.3 Å². The fourth-order valence-corrected chi connectivity index (χ4v) is 13.0. The summed E-state index contributed by atoms with van der Waals surface area (Å²) in [6, 6.07) is 0. The highest BCUT2D eigenvalue weighted by atomic mass is 16.8. The fourth-order valence-electron chi connectivity index (χ4n) is 13.0. The van der Waals surface area contributed by atoms with Gasteiger partial charge < -0.3 is 202 Å². The molecule has 8 fully saturated rings. The van der Waals surface area contributed by atoms with Crippen LogP contribution in [0, 0.1) is 0 Å². The van der Waals surface area contributed by atoms with E-state index in [1.807, 2.05) is 0 Å². The average Bonchev–Trinajstić information content (AvgIpc) is 0.779. The van der Waals surface area contributed by atoms with Gasteiger partial charge in [-0.25, -0.2) is 0 Å². The number of aliphatic hydroxyl groups excluding tert-OH is 20. The summed E-state index contributed by atoms with van der Waals surface area (Å²) in [5.74, 6) is 0. The van der Waals surface area contributed by atoms with E-state index in [1.54, 1.807) is 0 Å². The Kier molecular flexibility index (Phi) is 29.5. The Labute approximate surface area is 541 Å². The molecule has 8 aliphatic heterocycles. The predicted molar refractivity (Wildman–Crippen MR) is 293 cm³/mol. The summed E-state index contributed by atoms with van der Waals surface area (Å²) in [5.41, 5.74) is 0. The minimum atomic E-state index is -2.07. The molecule has 8 aliphatic rings. The summed E-state index contributed by atoms with van der Waals surface area (Å²) < 4.78 is 122. The van der Waals surface area contributed by atoms with E-state index in [9.17, 15) is 102 Å². The maximum Gasteiger partial charge on any atom is 0.187 e. The molecular formula is C54H94O41. The van der Waals surface area contributed by atoms with Crippen LogP contribution in [-0.4, -0.2) is 443 Å². The number of rotatable bonds is 28. The summed E-state index contributed by atoms with van der Waals surface area (Å²) in [5, 5.41) is 216. The van der Waals surface area contributed by atoms with Crippen LogP contribution < -0.4 is 0 Å². The molecule has 41 nitrogen and oxygen atoms in total. The molecule has 0 amide bonds. The van der Waals surface area contributed by atoms with Crippen molar-refractivity contribution in [2.45, 2.75) is 246 Å². The highest BCUT2D eigenvalue weighted by Crippen LogP contribution is 2.40. The van der Waals surface area contributed by atoms with Crippen molar-refractivity contribution in [2.24, 2.45) is 0 Å². The minimum absolute atomic E-state index is 0.738. The van der Waals surface area contributed by atoms with Gasteiger partial charge in [-0.15, -0.1) is 0 Å². The summed E-state index contributed by atoms with van der Waals surface area (Å²) in [6.45, 7) is -6.98. The Morgan fingerprint density at radius 3 is 0.621 bits per heavy atom. The predicted octanol–water partition coefficient (Wildman–Crippen LogP) is -14.5. The van der Waals surface area contributed by atoms with E-state index in [4.69, 9.17) is 99.5 Å². The molecule has 0 unspecified atom stereocenters. The van der Waals surface area contributed by atoms with Gasteiger partial charge in [0, 0.05) is 42.7 Å². The lowest BCUT2D eigenvalue weighted by Crippen LogP contribution is -2.69. The van der Waals surface area contributed by atoms with Crippen molar-refractivity contribution in [3.05, 3.63) is 0 Å². The Morgan fingerprint density at radius 1 is 0.189 bits per heavy atom. The molecule has 0 saturated carbocycles. The summed E-state index contributed by atoms with van der Waals surface area (Å²) in [6.07, 6.45) is -67.1. The van der Waals surface area contributed by atoms with Crippen LogP contribution in [0.15, 0.2) is 0 Å². The topological polar surface area (TPSA) is 598 Å². The fraction of sp³-hybridized carbons (Fsp3) is 1.00. The van der Waals surface area contributed by atoms with Gasteiger partial charge in [-0.1, -0.05) is 0 Å². The van der Waals surface area contributed by atoms with E-state index >= 15 is 0 Å². The Bertz CT molecular complexity index is 2240. The Balaban J connectivity index is 0.896. The van der Waals surface area contributed by atoms with E-state index in [0.29, 0.717) is 0 Å². The van der Waals surface area contributed by atoms with Crippen molar-refractivity contribution in [1.29, 1.82) is 0 Å². The zero-order chi connectivity index (χ0) is 69.6. The molecule has 40 atom stereocenters. The second-order valence-electron chi connectivity index (χ2n) is 23.6. The largest absolute Gasteiger partial charge is 0.394 e. The molecule has 0 spiro atoms. The quantitative estimate of drug-likeness (QED) is 0.0346. The first-order chi connectivity index (χ1) is 45.5. The van der Waals surface area contributed by atoms with Gasteiger partial charge in [0.25, 0.3) is 0 Å². The third-order valence-electron chi connectivity index (χ3n) is 18.1. The van der Waals surface area contributed by atoms with Crippen LogP contribution in [0.1, 0.15) is 0 Å². The van der Waals surface area contributed by atoms with Crippen LogP contribution >= 0.6 is 0 Å². The molecule has 0 aromatic heterocycles. The van der Waals surface area contributed by atoms with Crippen LogP contribution in [0.2, 0.25) is 0 Å². The van der Waals surface area contributed by atoms with Gasteiger partial charge in [-0.3, -0.25) is 0 Å². The third kappa shape index (κ3) is 16.4. The highest BCUT2D eigenvalue weighted by Gasteiger charge is 2.60. The molecule has 8 rings (SSSR count). The number of hydrogen-bond acceptors (Lipinski definition) is 41. The van der Waals surface area contributed by atoms with Crippen LogP contribution in [0.4, 0.5) is 0 Å². The zero-order valence-electron chi connectivity index (χ0n) is 52.3. The normalized spacial score (nSPS) is 51.0. The number of aliphatic hydroxyl groups is 20. The van der Waals surface area contributed by atoms with Crippen molar-refractivity contribution < 1.29 is 202 Å². The smallest absolute Gasteiger partial charge is 0.187 e. The molecule has 556 valence electrons. The Hall–Kier alpha value is -1.64. The van der Waals surface area contributed by atoms with Crippen LogP contribution in [0.25, 0.3) is 0 Å². The lowest BCUT2D eigenvalue weighted by molar-refractivity contribution is -0.401. The van der Waals surface area contributed by atoms with Gasteiger partial charge >= 0.3 is 0 Å². The zero-order valence-corrected chi connectivity index (χ0v) is 52.3. The molecule has 41 heteroatoms. The van der Waals surface area contributed by atoms with E-state index < -0.39 is 299 Å². The molecule has 20 N–H and O–H groups in total. The number of ether oxygens (including phenoxy) is 21. The SMILES string of the molecule is CO[C@@H]1[C@H](O)[C@@H](O[C@H]2[C@H](OC)[C@H](O)[C@@H](O[C@H]3[C@H](OC)[C@H](O)[C@@H](O[C@H]4[C@H](OC)[C@H](O)[C@@H](O[C@H]5[C@H](OC)[C@H](O)[C@@H](O[C@H]6[C@H](OC)[C@H](O)[C@@H](O)O[C@@H]6CO)O[C@@H]5CO)O[C@@H]4CO)O[C@@H]3CO)O[C@@H]2CO)O[C@H](CO)[C@H]1O[C@H]1O[C@H](CO)[C@@H](O[C@H]2O[C@H](CO)[C@@H](O)[C@H](O)[C@@H]2O)[C@H](O)[C@@H]1O. The van der Waals surface area contributed by atoms with Gasteiger partial charge in [0.05, 0.1) is 52.9 Å². The van der Waals surface area contributed by atoms with Crippen molar-refractivity contribution in [3.8, 4) is 0 Å². The molecule has 0 aromatic carbocycles. The van der Waals surface area contributed by atoms with E-state index in [2.05, 4.69) is 0 Å². The number of methoxy groups -OCH3 is 6. The maximum atomic E-state index is 11.9. The lowest BCUT2D eigenvalue weighted by Gasteiger charge is -2.51. The lowest BCUT2D eigenvalue weighted by atomic mass is 9.94. The van der Waals surface area contributed by atoms with Gasteiger partial charge in [-0.05, 0) is 0 Å². The molecule has 0 bridgehead atoms. The second-order valence-corrected chi connectivity index (χ2v) is 23.6. The minimum Gasteiger partial charge on any atom is -0.394 e. The van der Waals surface area contributed by atoms with Crippen LogP contribution in [0.3, 0.4) is 0 Å². The second kappa shape index (κ2) is 35.5. The van der Waals surface area contributed by atoms with Crippen LogP contribution in [-0.2, 0) is 99.5 Å². The molecule has 8 saturated heterocycles. The van der Waals surface area contributed by atoms with Gasteiger partial charge in [0.1, 0.15) is 195 Å². The van der Waals surface area contributed by atoms with E-state index in [-0.39, 0.29) is 0 Å². The first-order valence-corrected chi connectivity index (χ1v) is 30.5. The highest BCUT2D eigenvalue weighted by molar-refractivity contribution is 5.03. The molecule has 0 aliphatic carbocycles. The molecule has 0 aromatic rings. The van der Waals surface area contributed by atoms with Crippen molar-refractivity contribution in [2.75, 3.05) is 95.5 Å². The molecular weight excluding hydrogens is 1300 g/mol. The van der Waals surface area contributed by atoms with Crippen molar-refractivity contribution in [3.63, 3.8) is 0 Å². The molecule has 95 heavy (non-hydrogen) atoms. The number of hydrogen-bond donors (Lipinski definition) is 20. The third-order valence-corrected chi connectivity index (χ3v) is 18.1. The standard InChI is InChI=1S/C54H94O41/c1-75-41-28(68)47(74)81-17(9-57)35(41)91-50-30(70)43(77-3)37(19(11-59)85-50)93-52-32(72)45(79-5)39(21(13-61)87-52)95-54-33(73)46(80-6)40(22(14-62)88-54)94-53-31(71)44(78-4)38(20(12-60)86-53)92-51-29(69)42(76-2)36(18(10-58)84-51)90-49-27(67)25(65)34(16(8-56)83-49)89-48-26(66)24(64)23(63)15(7-55)82-48/h15-74H,7-14H2,1-6H3/t15-,16-,17-,18-,19-,20-,21-,22-,23-,24+,25-,26+,27+,28+,29+,30+,31+,32+,33+,34-,35-,36-,37-,38-,39-,40-,41-,42-,43-,44-,45-,46-,47+,48-,49-,50-,51-,52-,53-,54-/m1/s1. The van der Waals surface area contributed by atoms with Crippen molar-refractivity contribution in [1.82, 2.24) is 0 Å². The average molecular weight is 1400 g/mol. The summed E-state index contributed by atoms with van der Waals surface area (Å²) >= 11 is 0. The first-order valence-electron chi connectivity index (χ1n) is 30.5. The van der Waals surface area contributed by atoms with Crippen molar-refractivity contribution >= 4 is 0 Å². The first kappa shape index (κ1) is 79.1. The van der Waals surface area contributed by atoms with E-state index in [0.717, 1.165) is 28.4 Å². The van der Waals surface area contributed by atoms with Gasteiger partial charge in [0.2, 0.25) is 0 Å². The Morgan fingerprint density at radius 2 is 0.379 bits per heavy atom. The van der Waals surface area contributed by atoms with Crippen LogP contribution in [0.5, 0.6) is 0 Å². The maximum absolute atomic E-state index is 11.9. The van der Waals surface area contributed by atoms with E-state index in [1.165, 1.54) is 14.2 Å². The monoisotopic (exact) mass is 1400 g/mol. The molecule has 0 radical (unpaired) electrons. The molecule has 8 heterocycles. The van der Waals surface area contributed by atoms with Gasteiger partial charge in [-0.2, -0.15) is 0 Å². The summed E-state index contributed by atoms with van der Waals surface area (Å²) in [4.78, 5) is 0. The summed E-state index contributed by atoms with van der Waals surface area (Å²) in [7, 11) is 6.88.